The number of rotatable bonds is 11. The highest BCUT2D eigenvalue weighted by atomic mass is 127. The molecule has 42 heavy (non-hydrogen) atoms. The first-order chi connectivity index (χ1) is 20.2. The summed E-state index contributed by atoms with van der Waals surface area (Å²) in [5.74, 6) is -0.580. The van der Waals surface area contributed by atoms with Gasteiger partial charge in [0.25, 0.3) is 0 Å². The Balaban J connectivity index is 1.41. The molecule has 0 bridgehead atoms. The van der Waals surface area contributed by atoms with Gasteiger partial charge in [-0.2, -0.15) is 0 Å². The fourth-order valence-corrected chi connectivity index (χ4v) is 8.38. The Morgan fingerprint density at radius 2 is 2.02 bits per heavy atom. The van der Waals surface area contributed by atoms with Crippen molar-refractivity contribution in [2.24, 2.45) is 17.8 Å². The van der Waals surface area contributed by atoms with Gasteiger partial charge in [-0.05, 0) is 102 Å². The van der Waals surface area contributed by atoms with Crippen LogP contribution in [0.4, 0.5) is 0 Å². The number of imide groups is 1. The van der Waals surface area contributed by atoms with E-state index in [0.717, 1.165) is 51.7 Å². The molecule has 0 saturated carbocycles. The second-order valence-corrected chi connectivity index (χ2v) is 13.7. The minimum atomic E-state index is -0.971. The molecule has 2 aromatic rings. The van der Waals surface area contributed by atoms with E-state index in [-0.39, 0.29) is 35.5 Å². The zero-order valence-electron chi connectivity index (χ0n) is 24.5. The van der Waals surface area contributed by atoms with E-state index in [1.54, 1.807) is 18.4 Å². The minimum absolute atomic E-state index is 0.0734. The summed E-state index contributed by atoms with van der Waals surface area (Å²) >= 11 is 3.67. The maximum Gasteiger partial charge on any atom is 0.455 e. The number of benzene rings is 1. The molecule has 0 unspecified atom stereocenters. The van der Waals surface area contributed by atoms with Crippen molar-refractivity contribution < 1.29 is 29.1 Å². The van der Waals surface area contributed by atoms with Crippen LogP contribution in [-0.2, 0) is 20.8 Å². The average molecular weight is 703 g/mol. The van der Waals surface area contributed by atoms with Crippen molar-refractivity contribution in [2.45, 2.75) is 77.8 Å². The summed E-state index contributed by atoms with van der Waals surface area (Å²) in [7, 11) is 0.579. The Hall–Kier alpha value is -2.15. The first-order valence-corrected chi connectivity index (χ1v) is 16.9. The van der Waals surface area contributed by atoms with Crippen LogP contribution in [0.25, 0.3) is 6.08 Å². The number of carbonyl (C=O) groups excluding carboxylic acids is 2. The van der Waals surface area contributed by atoms with Gasteiger partial charge in [0.05, 0.1) is 35.2 Å². The maximum absolute atomic E-state index is 13.8. The van der Waals surface area contributed by atoms with Crippen LogP contribution in [-0.4, -0.2) is 47.2 Å². The number of thiophene rings is 1. The summed E-state index contributed by atoms with van der Waals surface area (Å²) in [6, 6.07) is 7.69. The summed E-state index contributed by atoms with van der Waals surface area (Å²) in [6.45, 7) is 4.62. The van der Waals surface area contributed by atoms with Gasteiger partial charge >= 0.3 is 7.12 Å². The fraction of sp³-hybridized carbons (Fsp3) is 0.500. The number of likely N-dealkylation sites (tertiary alicyclic amines) is 1. The maximum atomic E-state index is 13.8. The molecule has 1 aromatic heterocycles. The molecule has 0 radical (unpaired) electrons. The number of amides is 2. The van der Waals surface area contributed by atoms with Crippen LogP contribution in [0.15, 0.2) is 46.4 Å². The first kappa shape index (κ1) is 31.3. The molecule has 2 fully saturated rings. The number of ether oxygens (including phenoxy) is 1. The van der Waals surface area contributed by atoms with Crippen molar-refractivity contribution >= 4 is 58.9 Å². The van der Waals surface area contributed by atoms with Gasteiger partial charge in [0.2, 0.25) is 11.8 Å². The molecule has 5 rings (SSSR count). The van der Waals surface area contributed by atoms with Gasteiger partial charge in [0.1, 0.15) is 0 Å². The van der Waals surface area contributed by atoms with E-state index in [4.69, 9.17) is 9.39 Å². The number of halogens is 1. The smallest absolute Gasteiger partial charge is 0.455 e. The number of aromatic hydroxyl groups is 1. The molecule has 2 N–H and O–H groups in total. The van der Waals surface area contributed by atoms with Crippen molar-refractivity contribution in [1.29, 1.82) is 0 Å². The van der Waals surface area contributed by atoms with E-state index in [2.05, 4.69) is 42.5 Å². The van der Waals surface area contributed by atoms with Crippen LogP contribution < -0.4 is 4.74 Å². The standard InChI is InChI=1S/C32H39BINO6S/c1-4-7-19(13-20-14-25(34)30(36)27(15-20)40-3)10-11-26-28-21(8-5-2)16-23-29(24(28)17-33(39)41-26)32(38)35(31(23)37)18-22-9-6-12-42-22/h6,9,12-15,23-24,26,29,36,39H,4-5,7-8,10-11,16-18H2,1-3H3/b19-13+/t23-,24+,26-,29-/m1/s1. The first-order valence-electron chi connectivity index (χ1n) is 14.9. The zero-order valence-corrected chi connectivity index (χ0v) is 27.4. The van der Waals surface area contributed by atoms with E-state index >= 15 is 0 Å². The van der Waals surface area contributed by atoms with E-state index in [9.17, 15) is 19.7 Å². The summed E-state index contributed by atoms with van der Waals surface area (Å²) < 4.78 is 12.3. The highest BCUT2D eigenvalue weighted by Gasteiger charge is 2.57. The van der Waals surface area contributed by atoms with Crippen molar-refractivity contribution in [1.82, 2.24) is 4.90 Å². The number of hydrogen-bond donors (Lipinski definition) is 2. The summed E-state index contributed by atoms with van der Waals surface area (Å²) in [6.07, 6.45) is 7.95. The number of hydrogen-bond acceptors (Lipinski definition) is 7. The van der Waals surface area contributed by atoms with Gasteiger partial charge in [-0.3, -0.25) is 14.5 Å². The molecule has 4 atom stereocenters. The number of carbonyl (C=O) groups is 2. The fourth-order valence-electron chi connectivity index (χ4n) is 7.06. The quantitative estimate of drug-likeness (QED) is 0.115. The van der Waals surface area contributed by atoms with Gasteiger partial charge in [-0.1, -0.05) is 50.0 Å². The predicted molar refractivity (Wildman–Crippen MR) is 174 cm³/mol. The van der Waals surface area contributed by atoms with E-state index in [1.165, 1.54) is 16.0 Å². The Morgan fingerprint density at radius 1 is 1.21 bits per heavy atom. The molecule has 3 aliphatic rings. The second kappa shape index (κ2) is 13.7. The van der Waals surface area contributed by atoms with E-state index in [1.807, 2.05) is 29.6 Å². The van der Waals surface area contributed by atoms with E-state index in [0.29, 0.717) is 31.5 Å². The molecule has 1 aromatic carbocycles. The molecule has 3 heterocycles. The molecule has 2 saturated heterocycles. The molecule has 7 nitrogen and oxygen atoms in total. The minimum Gasteiger partial charge on any atom is -0.504 e. The number of phenols is 1. The zero-order chi connectivity index (χ0) is 30.0. The largest absolute Gasteiger partial charge is 0.504 e. The van der Waals surface area contributed by atoms with Crippen LogP contribution >= 0.6 is 33.9 Å². The summed E-state index contributed by atoms with van der Waals surface area (Å²) in [5, 5.41) is 23.1. The third-order valence-corrected chi connectivity index (χ3v) is 10.5. The lowest BCUT2D eigenvalue weighted by Crippen LogP contribution is -2.46. The summed E-state index contributed by atoms with van der Waals surface area (Å²) in [5.41, 5.74) is 4.60. The average Bonchev–Trinajstić information content (AvgIpc) is 3.56. The van der Waals surface area contributed by atoms with Gasteiger partial charge in [0, 0.05) is 4.88 Å². The highest BCUT2D eigenvalue weighted by molar-refractivity contribution is 14.1. The Labute approximate surface area is 266 Å². The Morgan fingerprint density at radius 3 is 2.71 bits per heavy atom. The number of allylic oxidation sites excluding steroid dienone is 2. The van der Waals surface area contributed by atoms with E-state index < -0.39 is 13.0 Å². The Bertz CT molecular complexity index is 1380. The van der Waals surface area contributed by atoms with Crippen LogP contribution in [0, 0.1) is 21.3 Å². The van der Waals surface area contributed by atoms with Crippen LogP contribution in [0.2, 0.25) is 6.32 Å². The van der Waals surface area contributed by atoms with Crippen molar-refractivity contribution in [2.75, 3.05) is 7.11 Å². The predicted octanol–water partition coefficient (Wildman–Crippen LogP) is 6.83. The molecule has 2 aliphatic heterocycles. The lowest BCUT2D eigenvalue weighted by molar-refractivity contribution is -0.140. The van der Waals surface area contributed by atoms with Crippen LogP contribution in [0.3, 0.4) is 0 Å². The highest BCUT2D eigenvalue weighted by Crippen LogP contribution is 2.51. The summed E-state index contributed by atoms with van der Waals surface area (Å²) in [4.78, 5) is 29.8. The Kier molecular flexibility index (Phi) is 10.2. The van der Waals surface area contributed by atoms with Gasteiger partial charge in [-0.25, -0.2) is 0 Å². The van der Waals surface area contributed by atoms with Crippen molar-refractivity contribution in [3.8, 4) is 11.5 Å². The van der Waals surface area contributed by atoms with Gasteiger partial charge in [-0.15, -0.1) is 11.3 Å². The number of phenolic OH excluding ortho intramolecular Hbond substituents is 1. The van der Waals surface area contributed by atoms with Gasteiger partial charge in [0.15, 0.2) is 11.5 Å². The molecule has 1 aliphatic carbocycles. The number of methoxy groups -OCH3 is 1. The number of nitrogens with zero attached hydrogens (tertiary/aromatic N) is 1. The molecule has 0 spiro atoms. The molecule has 10 heteroatoms. The SMILES string of the molecule is CCCC1=C2[C@@H](CC/C(=C/c3cc(I)c(O)c(OC)c3)CCC)OB(O)C[C@@H]2[C@@H]2C(=O)N(Cc3cccs3)C(=O)[C@@H]2C1. The molecular weight excluding hydrogens is 664 g/mol. The van der Waals surface area contributed by atoms with Crippen LogP contribution in [0.5, 0.6) is 11.5 Å². The number of fused-ring (bicyclic) bond motifs is 3. The van der Waals surface area contributed by atoms with Crippen molar-refractivity contribution in [3.05, 3.63) is 60.4 Å². The third-order valence-electron chi connectivity index (χ3n) is 8.79. The lowest BCUT2D eigenvalue weighted by Gasteiger charge is -2.43. The van der Waals surface area contributed by atoms with Crippen molar-refractivity contribution in [3.63, 3.8) is 0 Å². The molecule has 224 valence electrons. The lowest BCUT2D eigenvalue weighted by atomic mass is 9.58. The molecular formula is C32H39BINO6S. The normalized spacial score (nSPS) is 24.4. The molecule has 2 amide bonds. The van der Waals surface area contributed by atoms with Crippen LogP contribution in [0.1, 0.15) is 69.2 Å². The monoisotopic (exact) mass is 703 g/mol. The topological polar surface area (TPSA) is 96.3 Å². The van der Waals surface area contributed by atoms with Gasteiger partial charge < -0.3 is 19.5 Å². The third kappa shape index (κ3) is 6.37. The second-order valence-electron chi connectivity index (χ2n) is 11.6.